The number of halogens is 6. The van der Waals surface area contributed by atoms with E-state index in [9.17, 15) is 31.6 Å². The molecule has 4 aromatic carbocycles. The van der Waals surface area contributed by atoms with Crippen LogP contribution < -0.4 is 0 Å². The molecule has 0 atom stereocenters. The van der Waals surface area contributed by atoms with E-state index in [4.69, 9.17) is 0 Å². The first-order valence-electron chi connectivity index (χ1n) is 12.9. The highest BCUT2D eigenvalue weighted by atomic mass is 19.4. The van der Waals surface area contributed by atoms with Crippen molar-refractivity contribution in [2.75, 3.05) is 0 Å². The fourth-order valence-corrected chi connectivity index (χ4v) is 5.24. The van der Waals surface area contributed by atoms with Gasteiger partial charge in [0.05, 0.1) is 33.8 Å². The van der Waals surface area contributed by atoms with E-state index >= 15 is 0 Å². The van der Waals surface area contributed by atoms with Crippen LogP contribution in [0.15, 0.2) is 78.9 Å². The molecule has 0 aliphatic heterocycles. The second-order valence-corrected chi connectivity index (χ2v) is 9.97. The number of hydrogen-bond acceptors (Lipinski definition) is 4. The van der Waals surface area contributed by atoms with E-state index in [1.807, 2.05) is 28.8 Å². The normalized spacial score (nSPS) is 12.2. The molecule has 0 bridgehead atoms. The van der Waals surface area contributed by atoms with Crippen LogP contribution in [0, 0.1) is 25.2 Å². The van der Waals surface area contributed by atoms with Crippen molar-refractivity contribution in [3.63, 3.8) is 0 Å². The molecule has 0 aliphatic carbocycles. The van der Waals surface area contributed by atoms with Crippen LogP contribution in [0.3, 0.4) is 0 Å². The maximum atomic E-state index is 13.6. The lowest BCUT2D eigenvalue weighted by molar-refractivity contribution is -0.143. The highest BCUT2D eigenvalue weighted by Gasteiger charge is 2.37. The van der Waals surface area contributed by atoms with E-state index in [1.165, 1.54) is 6.07 Å². The summed E-state index contributed by atoms with van der Waals surface area (Å²) in [7, 11) is 0. The van der Waals surface area contributed by atoms with Crippen LogP contribution in [-0.4, -0.2) is 19.5 Å². The zero-order valence-corrected chi connectivity index (χ0v) is 22.5. The molecule has 0 N–H and O–H groups in total. The first-order valence-corrected chi connectivity index (χ1v) is 12.9. The van der Waals surface area contributed by atoms with Gasteiger partial charge in [-0.25, -0.2) is 15.0 Å². The highest BCUT2D eigenvalue weighted by molar-refractivity contribution is 6.10. The zero-order chi connectivity index (χ0) is 30.7. The monoisotopic (exact) mass is 587 g/mol. The molecule has 0 spiro atoms. The summed E-state index contributed by atoms with van der Waals surface area (Å²) in [6.07, 6.45) is -9.95. The predicted molar refractivity (Wildman–Crippen MR) is 149 cm³/mol. The lowest BCUT2D eigenvalue weighted by atomic mass is 9.98. The molecular weight excluding hydrogens is 568 g/mol. The van der Waals surface area contributed by atoms with Crippen LogP contribution in [0.1, 0.15) is 28.3 Å². The third kappa shape index (κ3) is 5.05. The molecule has 0 amide bonds. The van der Waals surface area contributed by atoms with Gasteiger partial charge in [-0.2, -0.15) is 31.6 Å². The van der Waals surface area contributed by atoms with Crippen molar-refractivity contribution in [1.29, 1.82) is 5.26 Å². The molecule has 0 radical (unpaired) electrons. The number of fused-ring (bicyclic) bond motifs is 3. The quantitative estimate of drug-likeness (QED) is 0.194. The molecule has 0 aliphatic rings. The van der Waals surface area contributed by atoms with Gasteiger partial charge in [0.2, 0.25) is 0 Å². The first kappa shape index (κ1) is 27.9. The van der Waals surface area contributed by atoms with Gasteiger partial charge in [-0.3, -0.25) is 0 Å². The number of nitrogens with zero attached hydrogens (tertiary/aromatic N) is 5. The SMILES string of the molecule is Cc1nc(C)nc(-c2cc(-n3c4ccccc4c4ccc(-c5cc(C(F)(F)F)cc(C(F)(F)F)c5)cc43)ccc2C#N)n1. The summed E-state index contributed by atoms with van der Waals surface area (Å²) < 4.78 is 83.5. The summed E-state index contributed by atoms with van der Waals surface area (Å²) in [6.45, 7) is 3.42. The number of aromatic nitrogens is 4. The standard InChI is InChI=1S/C32H19F6N5/c1-17-40-18(2)42-30(41-17)27-15-24(9-7-20(27)16-39)43-28-6-4-3-5-25(28)26-10-8-19(13-29(26)43)21-11-22(31(33,34)35)14-23(12-21)32(36,37)38/h3-15H,1-2H3. The summed E-state index contributed by atoms with van der Waals surface area (Å²) in [4.78, 5) is 13.0. The summed E-state index contributed by atoms with van der Waals surface area (Å²) >= 11 is 0. The molecule has 2 heterocycles. The number of para-hydroxylation sites is 1. The third-order valence-corrected chi connectivity index (χ3v) is 7.08. The van der Waals surface area contributed by atoms with Crippen molar-refractivity contribution in [3.05, 3.63) is 107 Å². The smallest absolute Gasteiger partial charge is 0.309 e. The number of aryl methyl sites for hydroxylation is 2. The number of alkyl halides is 6. The highest BCUT2D eigenvalue weighted by Crippen LogP contribution is 2.41. The molecule has 0 unspecified atom stereocenters. The van der Waals surface area contributed by atoms with E-state index in [2.05, 4.69) is 21.0 Å². The molecule has 0 saturated carbocycles. The zero-order valence-electron chi connectivity index (χ0n) is 22.5. The Kier molecular flexibility index (Phi) is 6.45. The predicted octanol–water partition coefficient (Wildman–Crippen LogP) is 8.83. The van der Waals surface area contributed by atoms with Gasteiger partial charge in [0.15, 0.2) is 5.82 Å². The van der Waals surface area contributed by atoms with Crippen LogP contribution in [0.2, 0.25) is 0 Å². The van der Waals surface area contributed by atoms with E-state index in [1.54, 1.807) is 44.2 Å². The summed E-state index contributed by atoms with van der Waals surface area (Å²) in [5, 5.41) is 11.4. The van der Waals surface area contributed by atoms with E-state index in [0.717, 1.165) is 16.3 Å². The minimum atomic E-state index is -4.97. The minimum Gasteiger partial charge on any atom is -0.309 e. The molecule has 0 saturated heterocycles. The van der Waals surface area contributed by atoms with Gasteiger partial charge in [0.1, 0.15) is 11.6 Å². The van der Waals surface area contributed by atoms with E-state index < -0.39 is 23.5 Å². The Hall–Kier alpha value is -5.24. The molecule has 11 heteroatoms. The lowest BCUT2D eigenvalue weighted by Gasteiger charge is -2.15. The molecular formula is C32H19F6N5. The van der Waals surface area contributed by atoms with Crippen LogP contribution in [0.25, 0.3) is 50.0 Å². The molecule has 214 valence electrons. The lowest BCUT2D eigenvalue weighted by Crippen LogP contribution is -2.11. The second-order valence-electron chi connectivity index (χ2n) is 9.97. The van der Waals surface area contributed by atoms with Crippen molar-refractivity contribution < 1.29 is 26.3 Å². The molecule has 2 aromatic heterocycles. The first-order chi connectivity index (χ1) is 20.3. The van der Waals surface area contributed by atoms with Gasteiger partial charge < -0.3 is 4.57 Å². The maximum Gasteiger partial charge on any atom is 0.416 e. The van der Waals surface area contributed by atoms with E-state index in [0.29, 0.717) is 51.9 Å². The van der Waals surface area contributed by atoms with E-state index in [-0.39, 0.29) is 17.2 Å². The van der Waals surface area contributed by atoms with Gasteiger partial charge in [-0.05, 0) is 73.5 Å². The van der Waals surface area contributed by atoms with Crippen molar-refractivity contribution >= 4 is 21.8 Å². The Bertz CT molecular complexity index is 2050. The van der Waals surface area contributed by atoms with Crippen molar-refractivity contribution in [1.82, 2.24) is 19.5 Å². The van der Waals surface area contributed by atoms with Crippen LogP contribution in [-0.2, 0) is 12.4 Å². The Balaban J connectivity index is 1.63. The van der Waals surface area contributed by atoms with Gasteiger partial charge in [0, 0.05) is 22.0 Å². The maximum absolute atomic E-state index is 13.6. The second kappa shape index (κ2) is 9.94. The molecule has 6 rings (SSSR count). The Labute approximate surface area is 240 Å². The third-order valence-electron chi connectivity index (χ3n) is 7.08. The largest absolute Gasteiger partial charge is 0.416 e. The fraction of sp³-hybridized carbons (Fsp3) is 0.125. The van der Waals surface area contributed by atoms with Crippen LogP contribution in [0.4, 0.5) is 26.3 Å². The van der Waals surface area contributed by atoms with Gasteiger partial charge in [-0.15, -0.1) is 0 Å². The Morgan fingerprint density at radius 2 is 1.28 bits per heavy atom. The summed E-state index contributed by atoms with van der Waals surface area (Å²) in [5.41, 5.74) is -0.189. The average Bonchev–Trinajstić information content (AvgIpc) is 3.29. The number of hydrogen-bond donors (Lipinski definition) is 0. The number of benzene rings is 4. The Morgan fingerprint density at radius 3 is 1.91 bits per heavy atom. The summed E-state index contributed by atoms with van der Waals surface area (Å²) in [6, 6.07) is 20.9. The minimum absolute atomic E-state index is 0.113. The van der Waals surface area contributed by atoms with Crippen LogP contribution >= 0.6 is 0 Å². The van der Waals surface area contributed by atoms with Crippen LogP contribution in [0.5, 0.6) is 0 Å². The van der Waals surface area contributed by atoms with Crippen molar-refractivity contribution in [2.24, 2.45) is 0 Å². The van der Waals surface area contributed by atoms with Gasteiger partial charge >= 0.3 is 12.4 Å². The molecule has 5 nitrogen and oxygen atoms in total. The van der Waals surface area contributed by atoms with Crippen molar-refractivity contribution in [2.45, 2.75) is 26.2 Å². The molecule has 43 heavy (non-hydrogen) atoms. The Morgan fingerprint density at radius 1 is 0.651 bits per heavy atom. The average molecular weight is 588 g/mol. The molecule has 0 fully saturated rings. The topological polar surface area (TPSA) is 67.4 Å². The number of rotatable bonds is 3. The number of nitriles is 1. The summed E-state index contributed by atoms with van der Waals surface area (Å²) in [5.74, 6) is 1.24. The van der Waals surface area contributed by atoms with Gasteiger partial charge in [0.25, 0.3) is 0 Å². The molecule has 6 aromatic rings. The van der Waals surface area contributed by atoms with Crippen molar-refractivity contribution in [3.8, 4) is 34.3 Å². The fourth-order valence-electron chi connectivity index (χ4n) is 5.24. The van der Waals surface area contributed by atoms with Gasteiger partial charge in [-0.1, -0.05) is 30.3 Å².